The predicted octanol–water partition coefficient (Wildman–Crippen LogP) is 2.93. The zero-order valence-electron chi connectivity index (χ0n) is 9.42. The minimum Gasteiger partial charge on any atom is -0.478 e. The third kappa shape index (κ3) is 2.75. The Morgan fingerprint density at radius 2 is 2.06 bits per heavy atom. The van der Waals surface area contributed by atoms with E-state index < -0.39 is 5.97 Å². The van der Waals surface area contributed by atoms with Gasteiger partial charge >= 0.3 is 5.97 Å². The van der Waals surface area contributed by atoms with Gasteiger partial charge in [0.2, 0.25) is 5.88 Å². The van der Waals surface area contributed by atoms with E-state index in [1.54, 1.807) is 25.1 Å². The number of aryl methyl sites for hydroxylation is 1. The zero-order chi connectivity index (χ0) is 13.1. The van der Waals surface area contributed by atoms with E-state index in [1.165, 1.54) is 12.1 Å². The van der Waals surface area contributed by atoms with Gasteiger partial charge in [0.1, 0.15) is 5.75 Å². The predicted molar refractivity (Wildman–Crippen MR) is 65.3 cm³/mol. The summed E-state index contributed by atoms with van der Waals surface area (Å²) >= 11 is 5.61. The third-order valence-corrected chi connectivity index (χ3v) is 2.45. The van der Waals surface area contributed by atoms with E-state index in [2.05, 4.69) is 10.2 Å². The largest absolute Gasteiger partial charge is 0.478 e. The van der Waals surface area contributed by atoms with Crippen LogP contribution in [0.2, 0.25) is 5.15 Å². The molecular weight excluding hydrogens is 256 g/mol. The molecule has 5 nitrogen and oxygen atoms in total. The van der Waals surface area contributed by atoms with Crippen molar-refractivity contribution >= 4 is 17.6 Å². The van der Waals surface area contributed by atoms with E-state index >= 15 is 0 Å². The SMILES string of the molecule is Cc1cc(C(=O)O)ccc1Oc1ccc(Cl)nn1. The highest BCUT2D eigenvalue weighted by Gasteiger charge is 2.08. The fraction of sp³-hybridized carbons (Fsp3) is 0.0833. The van der Waals surface area contributed by atoms with Crippen molar-refractivity contribution in [1.82, 2.24) is 10.2 Å². The second kappa shape index (κ2) is 5.01. The maximum atomic E-state index is 10.8. The van der Waals surface area contributed by atoms with Gasteiger partial charge in [-0.25, -0.2) is 4.79 Å². The van der Waals surface area contributed by atoms with Crippen molar-refractivity contribution in [3.8, 4) is 11.6 Å². The Hall–Kier alpha value is -2.14. The molecule has 0 aliphatic rings. The molecule has 0 unspecified atom stereocenters. The van der Waals surface area contributed by atoms with Crippen LogP contribution in [-0.2, 0) is 0 Å². The van der Waals surface area contributed by atoms with E-state index in [0.29, 0.717) is 17.2 Å². The quantitative estimate of drug-likeness (QED) is 0.923. The number of aromatic carboxylic acids is 1. The Labute approximate surface area is 108 Å². The molecule has 0 radical (unpaired) electrons. The van der Waals surface area contributed by atoms with Crippen LogP contribution >= 0.6 is 11.6 Å². The highest BCUT2D eigenvalue weighted by Crippen LogP contribution is 2.24. The number of carboxylic acid groups (broad SMARTS) is 1. The lowest BCUT2D eigenvalue weighted by Crippen LogP contribution is -1.98. The first kappa shape index (κ1) is 12.3. The summed E-state index contributed by atoms with van der Waals surface area (Å²) in [4.78, 5) is 10.8. The van der Waals surface area contributed by atoms with Crippen LogP contribution in [0.5, 0.6) is 11.6 Å². The van der Waals surface area contributed by atoms with Crippen LogP contribution in [0.4, 0.5) is 0 Å². The molecule has 18 heavy (non-hydrogen) atoms. The Bertz CT molecular complexity index is 584. The molecule has 0 bridgehead atoms. The van der Waals surface area contributed by atoms with Crippen molar-refractivity contribution in [2.75, 3.05) is 0 Å². The summed E-state index contributed by atoms with van der Waals surface area (Å²) in [7, 11) is 0. The van der Waals surface area contributed by atoms with E-state index in [0.717, 1.165) is 0 Å². The molecule has 0 saturated heterocycles. The van der Waals surface area contributed by atoms with Gasteiger partial charge < -0.3 is 9.84 Å². The van der Waals surface area contributed by atoms with Crippen molar-refractivity contribution in [3.05, 3.63) is 46.6 Å². The van der Waals surface area contributed by atoms with Crippen LogP contribution in [0.3, 0.4) is 0 Å². The summed E-state index contributed by atoms with van der Waals surface area (Å²) in [5.74, 6) is -0.155. The average molecular weight is 265 g/mol. The molecule has 0 aliphatic carbocycles. The molecule has 1 heterocycles. The van der Waals surface area contributed by atoms with Crippen LogP contribution in [0.25, 0.3) is 0 Å². The minimum absolute atomic E-state index is 0.210. The Balaban J connectivity index is 2.24. The molecule has 0 atom stereocenters. The molecule has 0 aliphatic heterocycles. The van der Waals surface area contributed by atoms with Gasteiger partial charge in [-0.15, -0.1) is 10.2 Å². The lowest BCUT2D eigenvalue weighted by atomic mass is 10.1. The van der Waals surface area contributed by atoms with Gasteiger partial charge in [-0.05, 0) is 36.8 Å². The number of carboxylic acids is 1. The van der Waals surface area contributed by atoms with Gasteiger partial charge in [0.15, 0.2) is 5.15 Å². The van der Waals surface area contributed by atoms with Gasteiger partial charge in [0.05, 0.1) is 5.56 Å². The summed E-state index contributed by atoms with van der Waals surface area (Å²) in [5.41, 5.74) is 0.911. The van der Waals surface area contributed by atoms with Crippen molar-refractivity contribution in [2.45, 2.75) is 6.92 Å². The molecule has 0 saturated carbocycles. The Morgan fingerprint density at radius 1 is 1.28 bits per heavy atom. The number of hydrogen-bond donors (Lipinski definition) is 1. The molecular formula is C12H9ClN2O3. The first-order valence-corrected chi connectivity index (χ1v) is 5.45. The minimum atomic E-state index is -0.976. The van der Waals surface area contributed by atoms with Crippen LogP contribution < -0.4 is 4.74 Å². The summed E-state index contributed by atoms with van der Waals surface area (Å²) in [5, 5.41) is 16.5. The van der Waals surface area contributed by atoms with Crippen molar-refractivity contribution in [2.24, 2.45) is 0 Å². The fourth-order valence-corrected chi connectivity index (χ4v) is 1.47. The molecule has 0 spiro atoms. The molecule has 2 rings (SSSR count). The second-order valence-electron chi connectivity index (χ2n) is 3.58. The van der Waals surface area contributed by atoms with E-state index in [-0.39, 0.29) is 10.7 Å². The summed E-state index contributed by atoms with van der Waals surface area (Å²) in [6.45, 7) is 1.76. The number of benzene rings is 1. The topological polar surface area (TPSA) is 72.3 Å². The van der Waals surface area contributed by atoms with Gasteiger partial charge in [0.25, 0.3) is 0 Å². The number of ether oxygens (including phenoxy) is 1. The average Bonchev–Trinajstić information content (AvgIpc) is 2.34. The van der Waals surface area contributed by atoms with Crippen molar-refractivity contribution in [3.63, 3.8) is 0 Å². The zero-order valence-corrected chi connectivity index (χ0v) is 10.2. The standard InChI is InChI=1S/C12H9ClN2O3/c1-7-6-8(12(16)17)2-3-9(7)18-11-5-4-10(13)14-15-11/h2-6H,1H3,(H,16,17). The first-order valence-electron chi connectivity index (χ1n) is 5.07. The molecule has 1 aromatic heterocycles. The number of nitrogens with zero attached hydrogens (tertiary/aromatic N) is 2. The molecule has 1 aromatic carbocycles. The molecule has 2 aromatic rings. The second-order valence-corrected chi connectivity index (χ2v) is 3.97. The van der Waals surface area contributed by atoms with Crippen molar-refractivity contribution in [1.29, 1.82) is 0 Å². The van der Waals surface area contributed by atoms with Gasteiger partial charge in [-0.1, -0.05) is 11.6 Å². The third-order valence-electron chi connectivity index (χ3n) is 2.24. The fourth-order valence-electron chi connectivity index (χ4n) is 1.37. The number of aromatic nitrogens is 2. The van der Waals surface area contributed by atoms with Crippen molar-refractivity contribution < 1.29 is 14.6 Å². The van der Waals surface area contributed by atoms with E-state index in [1.807, 2.05) is 0 Å². The number of halogens is 1. The number of carbonyl (C=O) groups is 1. The monoisotopic (exact) mass is 264 g/mol. The summed E-state index contributed by atoms with van der Waals surface area (Å²) in [6, 6.07) is 7.72. The van der Waals surface area contributed by atoms with Crippen LogP contribution in [0, 0.1) is 6.92 Å². The van der Waals surface area contributed by atoms with Gasteiger partial charge in [-0.3, -0.25) is 0 Å². The first-order chi connectivity index (χ1) is 8.56. The Kier molecular flexibility index (Phi) is 3.43. The normalized spacial score (nSPS) is 10.1. The maximum absolute atomic E-state index is 10.8. The lowest BCUT2D eigenvalue weighted by molar-refractivity contribution is 0.0697. The molecule has 1 N–H and O–H groups in total. The molecule has 6 heteroatoms. The van der Waals surface area contributed by atoms with E-state index in [9.17, 15) is 4.79 Å². The molecule has 92 valence electrons. The smallest absolute Gasteiger partial charge is 0.335 e. The number of hydrogen-bond acceptors (Lipinski definition) is 4. The van der Waals surface area contributed by atoms with Gasteiger partial charge in [0, 0.05) is 6.07 Å². The highest BCUT2D eigenvalue weighted by atomic mass is 35.5. The maximum Gasteiger partial charge on any atom is 0.335 e. The summed E-state index contributed by atoms with van der Waals surface area (Å²) in [6.07, 6.45) is 0. The van der Waals surface area contributed by atoms with Gasteiger partial charge in [-0.2, -0.15) is 0 Å². The van der Waals surface area contributed by atoms with Crippen LogP contribution in [0.1, 0.15) is 15.9 Å². The highest BCUT2D eigenvalue weighted by molar-refractivity contribution is 6.29. The Morgan fingerprint density at radius 3 is 2.61 bits per heavy atom. The summed E-state index contributed by atoms with van der Waals surface area (Å²) < 4.78 is 5.47. The molecule has 0 fully saturated rings. The van der Waals surface area contributed by atoms with E-state index in [4.69, 9.17) is 21.4 Å². The van der Waals surface area contributed by atoms with Crippen LogP contribution in [0.15, 0.2) is 30.3 Å². The number of rotatable bonds is 3. The molecule has 0 amide bonds. The van der Waals surface area contributed by atoms with Crippen LogP contribution in [-0.4, -0.2) is 21.3 Å². The lowest BCUT2D eigenvalue weighted by Gasteiger charge is -2.07.